The van der Waals surface area contributed by atoms with Crippen molar-refractivity contribution in [1.29, 1.82) is 0 Å². The summed E-state index contributed by atoms with van der Waals surface area (Å²) < 4.78 is 10.8. The molecule has 1 N–H and O–H groups in total. The number of ether oxygens (including phenoxy) is 1. The van der Waals surface area contributed by atoms with Gasteiger partial charge in [0.05, 0.1) is 23.5 Å². The summed E-state index contributed by atoms with van der Waals surface area (Å²) in [5.74, 6) is 1.75. The van der Waals surface area contributed by atoms with E-state index < -0.39 is 0 Å². The van der Waals surface area contributed by atoms with Crippen molar-refractivity contribution in [3.05, 3.63) is 40.2 Å². The number of hydrogen-bond donors (Lipinski definition) is 1. The third kappa shape index (κ3) is 6.33. The van der Waals surface area contributed by atoms with Crippen LogP contribution in [0.5, 0.6) is 0 Å². The number of aromatic nitrogens is 1. The molecular formula is C17H26N4O2S. The Morgan fingerprint density at radius 3 is 3.04 bits per heavy atom. The Hall–Kier alpha value is -1.86. The molecule has 0 aliphatic carbocycles. The molecule has 0 atom stereocenters. The molecule has 0 unspecified atom stereocenters. The lowest BCUT2D eigenvalue weighted by atomic mass is 10.4. The van der Waals surface area contributed by atoms with Gasteiger partial charge in [-0.15, -0.1) is 11.3 Å². The number of aryl methyl sites for hydroxylation is 1. The molecule has 0 aromatic carbocycles. The molecule has 0 aliphatic heterocycles. The number of thiazole rings is 1. The highest BCUT2D eigenvalue weighted by Gasteiger charge is 2.08. The number of nitrogens with zero attached hydrogens (tertiary/aromatic N) is 3. The summed E-state index contributed by atoms with van der Waals surface area (Å²) in [7, 11) is 2.03. The van der Waals surface area contributed by atoms with Crippen LogP contribution in [0.1, 0.15) is 29.8 Å². The summed E-state index contributed by atoms with van der Waals surface area (Å²) >= 11 is 1.67. The van der Waals surface area contributed by atoms with Crippen molar-refractivity contribution in [2.24, 2.45) is 4.99 Å². The van der Waals surface area contributed by atoms with Gasteiger partial charge in [-0.3, -0.25) is 4.99 Å². The maximum absolute atomic E-state index is 5.57. The van der Waals surface area contributed by atoms with Crippen LogP contribution >= 0.6 is 11.3 Å². The molecule has 24 heavy (non-hydrogen) atoms. The number of aliphatic imine (C=N–C) groups is 1. The first-order valence-corrected chi connectivity index (χ1v) is 9.07. The second-order valence-corrected chi connectivity index (χ2v) is 6.50. The fourth-order valence-corrected chi connectivity index (χ4v) is 2.79. The van der Waals surface area contributed by atoms with Crippen LogP contribution in [0.25, 0.3) is 0 Å². The maximum Gasteiger partial charge on any atom is 0.194 e. The van der Waals surface area contributed by atoms with Crippen molar-refractivity contribution in [1.82, 2.24) is 15.2 Å². The summed E-state index contributed by atoms with van der Waals surface area (Å²) in [5.41, 5.74) is 1.08. The lowest BCUT2D eigenvalue weighted by molar-refractivity contribution is 0.105. The minimum atomic E-state index is 0.514. The van der Waals surface area contributed by atoms with Gasteiger partial charge in [0, 0.05) is 32.1 Å². The van der Waals surface area contributed by atoms with Gasteiger partial charge in [0.15, 0.2) is 5.96 Å². The molecular weight excluding hydrogens is 324 g/mol. The van der Waals surface area contributed by atoms with Crippen LogP contribution < -0.4 is 5.32 Å². The van der Waals surface area contributed by atoms with Crippen molar-refractivity contribution in [2.45, 2.75) is 33.4 Å². The molecule has 132 valence electrons. The van der Waals surface area contributed by atoms with Crippen LogP contribution in [0.2, 0.25) is 0 Å². The van der Waals surface area contributed by atoms with Gasteiger partial charge in [-0.05, 0) is 32.4 Å². The van der Waals surface area contributed by atoms with Crippen LogP contribution in [0.15, 0.2) is 33.2 Å². The molecule has 0 fully saturated rings. The largest absolute Gasteiger partial charge is 0.467 e. The summed E-state index contributed by atoms with van der Waals surface area (Å²) in [4.78, 5) is 11.3. The lowest BCUT2D eigenvalue weighted by Crippen LogP contribution is -2.38. The third-order valence-electron chi connectivity index (χ3n) is 3.29. The normalized spacial score (nSPS) is 11.7. The Morgan fingerprint density at radius 1 is 1.50 bits per heavy atom. The van der Waals surface area contributed by atoms with Crippen molar-refractivity contribution in [2.75, 3.05) is 26.7 Å². The summed E-state index contributed by atoms with van der Waals surface area (Å²) in [6.45, 7) is 7.60. The van der Waals surface area contributed by atoms with Gasteiger partial charge in [-0.25, -0.2) is 4.98 Å². The van der Waals surface area contributed by atoms with Crippen LogP contribution in [0.3, 0.4) is 0 Å². The van der Waals surface area contributed by atoms with E-state index in [0.717, 1.165) is 48.5 Å². The van der Waals surface area contributed by atoms with Gasteiger partial charge < -0.3 is 19.4 Å². The van der Waals surface area contributed by atoms with Gasteiger partial charge in [-0.2, -0.15) is 0 Å². The fraction of sp³-hybridized carbons (Fsp3) is 0.529. The maximum atomic E-state index is 5.57. The summed E-state index contributed by atoms with van der Waals surface area (Å²) in [6, 6.07) is 3.78. The zero-order valence-corrected chi connectivity index (χ0v) is 15.4. The van der Waals surface area contributed by atoms with E-state index in [9.17, 15) is 0 Å². The topological polar surface area (TPSA) is 62.9 Å². The van der Waals surface area contributed by atoms with Crippen LogP contribution in [-0.2, 0) is 17.9 Å². The fourth-order valence-electron chi connectivity index (χ4n) is 2.19. The van der Waals surface area contributed by atoms with Gasteiger partial charge in [0.2, 0.25) is 0 Å². The molecule has 2 heterocycles. The van der Waals surface area contributed by atoms with Gasteiger partial charge in [-0.1, -0.05) is 0 Å². The molecule has 2 rings (SSSR count). The summed E-state index contributed by atoms with van der Waals surface area (Å²) in [5, 5.41) is 6.51. The Morgan fingerprint density at radius 2 is 2.38 bits per heavy atom. The second-order valence-electron chi connectivity index (χ2n) is 5.44. The van der Waals surface area contributed by atoms with Gasteiger partial charge >= 0.3 is 0 Å². The molecule has 2 aromatic rings. The standard InChI is InChI=1S/C17H26N4O2S/c1-4-18-17(21(3)11-15-13-24-14(2)20-15)19-8-6-9-22-12-16-7-5-10-23-16/h5,7,10,13H,4,6,8-9,11-12H2,1-3H3,(H,18,19). The Bertz CT molecular complexity index is 610. The molecule has 2 aromatic heterocycles. The molecule has 6 nitrogen and oxygen atoms in total. The van der Waals surface area contributed by atoms with Crippen molar-refractivity contribution in [3.63, 3.8) is 0 Å². The Kier molecular flexibility index (Phi) is 7.77. The smallest absolute Gasteiger partial charge is 0.194 e. The number of rotatable bonds is 9. The number of nitrogens with one attached hydrogen (secondary N) is 1. The first-order valence-electron chi connectivity index (χ1n) is 8.19. The zero-order chi connectivity index (χ0) is 17.2. The van der Waals surface area contributed by atoms with Crippen molar-refractivity contribution >= 4 is 17.3 Å². The molecule has 0 spiro atoms. The van der Waals surface area contributed by atoms with Crippen LogP contribution in [0, 0.1) is 6.92 Å². The average molecular weight is 350 g/mol. The van der Waals surface area contributed by atoms with Gasteiger partial charge in [0.25, 0.3) is 0 Å². The first-order chi connectivity index (χ1) is 11.7. The predicted octanol–water partition coefficient (Wildman–Crippen LogP) is 3.05. The Balaban J connectivity index is 1.72. The first kappa shape index (κ1) is 18.5. The quantitative estimate of drug-likeness (QED) is 0.428. The molecule has 0 saturated heterocycles. The lowest BCUT2D eigenvalue weighted by Gasteiger charge is -2.21. The van der Waals surface area contributed by atoms with Crippen molar-refractivity contribution < 1.29 is 9.15 Å². The van der Waals surface area contributed by atoms with Crippen molar-refractivity contribution in [3.8, 4) is 0 Å². The van der Waals surface area contributed by atoms with E-state index in [4.69, 9.17) is 9.15 Å². The van der Waals surface area contributed by atoms with Crippen LogP contribution in [-0.4, -0.2) is 42.6 Å². The zero-order valence-electron chi connectivity index (χ0n) is 14.6. The minimum absolute atomic E-state index is 0.514. The highest BCUT2D eigenvalue weighted by atomic mass is 32.1. The molecule has 7 heteroatoms. The average Bonchev–Trinajstić information content (AvgIpc) is 3.21. The molecule has 0 bridgehead atoms. The third-order valence-corrected chi connectivity index (χ3v) is 4.12. The minimum Gasteiger partial charge on any atom is -0.467 e. The second kappa shape index (κ2) is 10.1. The van der Waals surface area contributed by atoms with E-state index in [0.29, 0.717) is 13.2 Å². The predicted molar refractivity (Wildman–Crippen MR) is 97.3 cm³/mol. The Labute approximate surface area is 147 Å². The number of hydrogen-bond acceptors (Lipinski definition) is 5. The SMILES string of the molecule is CCNC(=NCCCOCc1ccco1)N(C)Cc1csc(C)n1. The molecule has 0 amide bonds. The van der Waals surface area contributed by atoms with E-state index in [2.05, 4.69) is 32.5 Å². The van der Waals surface area contributed by atoms with E-state index >= 15 is 0 Å². The van der Waals surface area contributed by atoms with E-state index in [1.165, 1.54) is 0 Å². The highest BCUT2D eigenvalue weighted by molar-refractivity contribution is 7.09. The molecule has 0 saturated carbocycles. The molecule has 0 radical (unpaired) electrons. The van der Waals surface area contributed by atoms with Gasteiger partial charge in [0.1, 0.15) is 12.4 Å². The highest BCUT2D eigenvalue weighted by Crippen LogP contribution is 2.09. The van der Waals surface area contributed by atoms with E-state index in [1.807, 2.05) is 26.1 Å². The number of furan rings is 1. The van der Waals surface area contributed by atoms with E-state index in [1.54, 1.807) is 17.6 Å². The van der Waals surface area contributed by atoms with E-state index in [-0.39, 0.29) is 0 Å². The monoisotopic (exact) mass is 350 g/mol. The van der Waals surface area contributed by atoms with Crippen LogP contribution in [0.4, 0.5) is 0 Å². The molecule has 0 aliphatic rings. The number of guanidine groups is 1. The summed E-state index contributed by atoms with van der Waals surface area (Å²) in [6.07, 6.45) is 2.53.